The molecule has 3 heterocycles. The molecule has 0 aromatic carbocycles. The first-order valence-corrected chi connectivity index (χ1v) is 4.90. The van der Waals surface area contributed by atoms with Crippen LogP contribution in [0.15, 0.2) is 12.7 Å². The summed E-state index contributed by atoms with van der Waals surface area (Å²) in [6.07, 6.45) is 5.93. The largest absolute Gasteiger partial charge is 0.336 e. The van der Waals surface area contributed by atoms with Gasteiger partial charge in [-0.2, -0.15) is 0 Å². The van der Waals surface area contributed by atoms with E-state index in [0.29, 0.717) is 0 Å². The van der Waals surface area contributed by atoms with Crippen molar-refractivity contribution in [1.82, 2.24) is 15.0 Å². The molecule has 0 aliphatic carbocycles. The molecular formula is C9H12N5+. The molecule has 0 amide bonds. The second-order valence-electron chi connectivity index (χ2n) is 3.55. The highest BCUT2D eigenvalue weighted by atomic mass is 15.2. The Bertz CT molecular complexity index is 443. The lowest BCUT2D eigenvalue weighted by Gasteiger charge is -2.09. The molecule has 72 valence electrons. The third kappa shape index (κ3) is 1.05. The van der Waals surface area contributed by atoms with E-state index in [1.54, 1.807) is 12.7 Å². The minimum absolute atomic E-state index is 0.783. The van der Waals surface area contributed by atoms with Gasteiger partial charge in [-0.3, -0.25) is 4.90 Å². The number of H-pyrrole nitrogens is 2. The smallest absolute Gasteiger partial charge is 0.260 e. The van der Waals surface area contributed by atoms with Gasteiger partial charge in [0, 0.05) is 0 Å². The molecule has 3 rings (SSSR count). The lowest BCUT2D eigenvalue weighted by atomic mass is 10.4. The molecule has 2 aromatic rings. The molecule has 2 N–H and O–H groups in total. The van der Waals surface area contributed by atoms with E-state index < -0.39 is 0 Å². The molecule has 0 bridgehead atoms. The maximum absolute atomic E-state index is 4.15. The zero-order chi connectivity index (χ0) is 9.38. The molecule has 0 atom stereocenters. The Morgan fingerprint density at radius 3 is 3.00 bits per heavy atom. The van der Waals surface area contributed by atoms with Gasteiger partial charge in [0.15, 0.2) is 5.52 Å². The summed E-state index contributed by atoms with van der Waals surface area (Å²) in [5.41, 5.74) is 1.79. The molecular weight excluding hydrogens is 178 g/mol. The lowest BCUT2D eigenvalue weighted by molar-refractivity contribution is -0.366. The van der Waals surface area contributed by atoms with E-state index in [9.17, 15) is 0 Å². The van der Waals surface area contributed by atoms with Crippen LogP contribution < -0.4 is 9.88 Å². The van der Waals surface area contributed by atoms with Gasteiger partial charge in [-0.05, 0) is 12.8 Å². The molecule has 1 fully saturated rings. The van der Waals surface area contributed by atoms with Crippen LogP contribution in [0, 0.1) is 0 Å². The van der Waals surface area contributed by atoms with Crippen molar-refractivity contribution < 1.29 is 4.98 Å². The standard InChI is InChI=1S/C9H11N5/c1-2-4-14(3-1)9-7-8(11-5-10-7)12-6-13-9/h5-6H,1-4H2,(H,10,11,12,13)/p+1. The number of hydrogen-bond donors (Lipinski definition) is 1. The zero-order valence-electron chi connectivity index (χ0n) is 7.82. The van der Waals surface area contributed by atoms with Crippen molar-refractivity contribution >= 4 is 17.0 Å². The van der Waals surface area contributed by atoms with Crippen LogP contribution in [0.3, 0.4) is 0 Å². The van der Waals surface area contributed by atoms with Gasteiger partial charge in [-0.15, -0.1) is 0 Å². The van der Waals surface area contributed by atoms with E-state index in [1.807, 2.05) is 0 Å². The fourth-order valence-electron chi connectivity index (χ4n) is 1.98. The van der Waals surface area contributed by atoms with Crippen LogP contribution in [0.4, 0.5) is 5.82 Å². The van der Waals surface area contributed by atoms with Crippen molar-refractivity contribution in [2.24, 2.45) is 0 Å². The average Bonchev–Trinajstić information content (AvgIpc) is 2.88. The number of nitrogens with one attached hydrogen (secondary N) is 2. The summed E-state index contributed by atoms with van der Waals surface area (Å²) >= 11 is 0. The van der Waals surface area contributed by atoms with Crippen molar-refractivity contribution in [3.05, 3.63) is 12.7 Å². The Kier molecular flexibility index (Phi) is 1.62. The molecule has 14 heavy (non-hydrogen) atoms. The van der Waals surface area contributed by atoms with E-state index in [-0.39, 0.29) is 0 Å². The molecule has 0 unspecified atom stereocenters. The Morgan fingerprint density at radius 1 is 1.29 bits per heavy atom. The Morgan fingerprint density at radius 2 is 2.14 bits per heavy atom. The summed E-state index contributed by atoms with van der Waals surface area (Å²) in [5, 5.41) is 0. The van der Waals surface area contributed by atoms with Crippen LogP contribution >= 0.6 is 0 Å². The Balaban J connectivity index is 2.14. The van der Waals surface area contributed by atoms with Gasteiger partial charge < -0.3 is 4.98 Å². The zero-order valence-corrected chi connectivity index (χ0v) is 7.82. The molecule has 2 aromatic heterocycles. The predicted octanol–water partition coefficient (Wildman–Crippen LogP) is 0.372. The minimum Gasteiger partial charge on any atom is -0.336 e. The van der Waals surface area contributed by atoms with Crippen molar-refractivity contribution in [3.63, 3.8) is 0 Å². The first-order valence-electron chi connectivity index (χ1n) is 4.90. The summed E-state index contributed by atoms with van der Waals surface area (Å²) in [5.74, 6) is 1.12. The van der Waals surface area contributed by atoms with Crippen LogP contribution in [-0.2, 0) is 0 Å². The van der Waals surface area contributed by atoms with Gasteiger partial charge in [0.05, 0.1) is 19.4 Å². The van der Waals surface area contributed by atoms with Crippen LogP contribution in [0.1, 0.15) is 12.8 Å². The maximum atomic E-state index is 4.15. The molecule has 0 saturated carbocycles. The normalized spacial score (nSPS) is 16.7. The number of aromatic nitrogens is 4. The van der Waals surface area contributed by atoms with Gasteiger partial charge >= 0.3 is 0 Å². The second kappa shape index (κ2) is 2.94. The number of anilines is 1. The third-order valence-corrected chi connectivity index (χ3v) is 2.67. The summed E-state index contributed by atoms with van der Waals surface area (Å²) in [6.45, 7) is 2.24. The van der Waals surface area contributed by atoms with Crippen LogP contribution in [0.5, 0.6) is 0 Å². The van der Waals surface area contributed by atoms with E-state index in [2.05, 4.69) is 24.8 Å². The summed E-state index contributed by atoms with van der Waals surface area (Å²) in [4.78, 5) is 16.9. The van der Waals surface area contributed by atoms with Gasteiger partial charge in [0.25, 0.3) is 11.5 Å². The number of hydrogen-bond acceptors (Lipinski definition) is 3. The van der Waals surface area contributed by atoms with Crippen molar-refractivity contribution in [2.45, 2.75) is 12.8 Å². The number of nitrogens with zero attached hydrogens (tertiary/aromatic N) is 3. The molecule has 1 saturated heterocycles. The quantitative estimate of drug-likeness (QED) is 0.707. The number of fused-ring (bicyclic) bond motifs is 1. The van der Waals surface area contributed by atoms with Crippen LogP contribution in [-0.4, -0.2) is 28.0 Å². The van der Waals surface area contributed by atoms with Gasteiger partial charge in [-0.25, -0.2) is 9.97 Å². The van der Waals surface area contributed by atoms with E-state index >= 15 is 0 Å². The second-order valence-corrected chi connectivity index (χ2v) is 3.55. The fraction of sp³-hybridized carbons (Fsp3) is 0.444. The molecule has 5 heteroatoms. The summed E-state index contributed by atoms with van der Waals surface area (Å²) in [6, 6.07) is 0. The van der Waals surface area contributed by atoms with Crippen molar-refractivity contribution in [2.75, 3.05) is 18.0 Å². The van der Waals surface area contributed by atoms with Gasteiger partial charge in [0.1, 0.15) is 0 Å². The molecule has 0 spiro atoms. The number of aromatic amines is 2. The monoisotopic (exact) mass is 190 g/mol. The van der Waals surface area contributed by atoms with E-state index in [1.165, 1.54) is 12.8 Å². The first kappa shape index (κ1) is 7.73. The first-order chi connectivity index (χ1) is 6.95. The lowest BCUT2D eigenvalue weighted by Crippen LogP contribution is -2.26. The van der Waals surface area contributed by atoms with E-state index in [4.69, 9.17) is 0 Å². The highest BCUT2D eigenvalue weighted by Crippen LogP contribution is 2.20. The topological polar surface area (TPSA) is 59.0 Å². The summed E-state index contributed by atoms with van der Waals surface area (Å²) < 4.78 is 0. The third-order valence-electron chi connectivity index (χ3n) is 2.67. The SMILES string of the molecule is c1nc2nc[nH+]c(N3CCCC3)c2[nH]1. The Labute approximate surface area is 81.2 Å². The maximum Gasteiger partial charge on any atom is 0.260 e. The molecule has 0 radical (unpaired) electrons. The Hall–Kier alpha value is -1.65. The average molecular weight is 190 g/mol. The van der Waals surface area contributed by atoms with Crippen LogP contribution in [0.2, 0.25) is 0 Å². The van der Waals surface area contributed by atoms with Crippen LogP contribution in [0.25, 0.3) is 11.2 Å². The van der Waals surface area contributed by atoms with Gasteiger partial charge in [0.2, 0.25) is 6.33 Å². The number of rotatable bonds is 1. The van der Waals surface area contributed by atoms with Crippen molar-refractivity contribution in [1.29, 1.82) is 0 Å². The highest BCUT2D eigenvalue weighted by Gasteiger charge is 2.22. The molecule has 1 aliphatic heterocycles. The molecule has 5 nitrogen and oxygen atoms in total. The number of imidazole rings is 1. The fourth-order valence-corrected chi connectivity index (χ4v) is 1.98. The minimum atomic E-state index is 0.783. The van der Waals surface area contributed by atoms with Crippen molar-refractivity contribution in [3.8, 4) is 0 Å². The van der Waals surface area contributed by atoms with E-state index in [0.717, 1.165) is 30.1 Å². The highest BCUT2D eigenvalue weighted by molar-refractivity contribution is 5.80. The predicted molar refractivity (Wildman–Crippen MR) is 51.9 cm³/mol. The molecule has 1 aliphatic rings. The van der Waals surface area contributed by atoms with Gasteiger partial charge in [-0.1, -0.05) is 4.98 Å². The summed E-state index contributed by atoms with van der Waals surface area (Å²) in [7, 11) is 0.